The summed E-state index contributed by atoms with van der Waals surface area (Å²) in [5.74, 6) is -2.66. The number of nitrogen functional groups attached to an aromatic ring is 1. The van der Waals surface area contributed by atoms with Crippen molar-refractivity contribution in [1.29, 1.82) is 0 Å². The minimum Gasteiger partial charge on any atom is -0.399 e. The number of thioether (sulfide) groups is 1. The first-order valence-corrected chi connectivity index (χ1v) is 9.40. The van der Waals surface area contributed by atoms with E-state index in [0.29, 0.717) is 18.1 Å². The molecular formula is C13H18F2N2O2S2. The first-order valence-electron chi connectivity index (χ1n) is 6.63. The van der Waals surface area contributed by atoms with E-state index in [-0.39, 0.29) is 11.7 Å². The van der Waals surface area contributed by atoms with Gasteiger partial charge < -0.3 is 5.73 Å². The van der Waals surface area contributed by atoms with Crippen LogP contribution in [0.5, 0.6) is 0 Å². The molecule has 0 aromatic heterocycles. The van der Waals surface area contributed by atoms with Gasteiger partial charge in [-0.3, -0.25) is 0 Å². The fourth-order valence-electron chi connectivity index (χ4n) is 2.53. The number of anilines is 1. The molecule has 118 valence electrons. The summed E-state index contributed by atoms with van der Waals surface area (Å²) >= 11 is 1.69. The lowest BCUT2D eigenvalue weighted by Crippen LogP contribution is -2.39. The third-order valence-electron chi connectivity index (χ3n) is 3.59. The summed E-state index contributed by atoms with van der Waals surface area (Å²) in [4.78, 5) is -0.730. The molecule has 21 heavy (non-hydrogen) atoms. The lowest BCUT2D eigenvalue weighted by Gasteiger charge is -2.28. The van der Waals surface area contributed by atoms with Gasteiger partial charge in [0.05, 0.1) is 0 Å². The standard InChI is InChI=1S/C13H18F2N2O2S2/c1-20-10-4-2-3-9(7-10)17-21(18,19)12-6-8(16)5-11(14)13(12)15/h5-6,9-10,17H,2-4,7,16H2,1H3. The van der Waals surface area contributed by atoms with E-state index < -0.39 is 26.6 Å². The van der Waals surface area contributed by atoms with Crippen LogP contribution in [0.3, 0.4) is 0 Å². The van der Waals surface area contributed by atoms with E-state index in [0.717, 1.165) is 25.0 Å². The lowest BCUT2D eigenvalue weighted by molar-refractivity contribution is 0.418. The van der Waals surface area contributed by atoms with E-state index in [1.165, 1.54) is 0 Å². The predicted molar refractivity (Wildman–Crippen MR) is 80.7 cm³/mol. The Kier molecular flexibility index (Phi) is 5.11. The molecule has 1 aromatic rings. The van der Waals surface area contributed by atoms with Crippen molar-refractivity contribution in [2.75, 3.05) is 12.0 Å². The van der Waals surface area contributed by atoms with Gasteiger partial charge in [-0.2, -0.15) is 11.8 Å². The molecule has 0 amide bonds. The summed E-state index contributed by atoms with van der Waals surface area (Å²) < 4.78 is 54.0. The maximum Gasteiger partial charge on any atom is 0.243 e. The minimum absolute atomic E-state index is 0.125. The highest BCUT2D eigenvalue weighted by molar-refractivity contribution is 7.99. The first-order chi connectivity index (χ1) is 9.83. The van der Waals surface area contributed by atoms with Crippen LogP contribution in [-0.2, 0) is 10.0 Å². The molecule has 1 aliphatic rings. The Morgan fingerprint density at radius 2 is 2.05 bits per heavy atom. The topological polar surface area (TPSA) is 72.2 Å². The molecule has 8 heteroatoms. The van der Waals surface area contributed by atoms with Crippen LogP contribution in [0.25, 0.3) is 0 Å². The summed E-state index contributed by atoms with van der Waals surface area (Å²) in [5, 5.41) is 0.383. The van der Waals surface area contributed by atoms with Gasteiger partial charge in [0, 0.05) is 17.0 Å². The minimum atomic E-state index is -4.12. The largest absolute Gasteiger partial charge is 0.399 e. The van der Waals surface area contributed by atoms with E-state index in [1.807, 2.05) is 6.26 Å². The van der Waals surface area contributed by atoms with Crippen molar-refractivity contribution in [1.82, 2.24) is 4.72 Å². The Morgan fingerprint density at radius 3 is 2.71 bits per heavy atom. The third kappa shape index (κ3) is 3.87. The average molecular weight is 336 g/mol. The highest BCUT2D eigenvalue weighted by Crippen LogP contribution is 2.28. The summed E-state index contributed by atoms with van der Waals surface area (Å²) in [6.07, 6.45) is 5.32. The SMILES string of the molecule is CSC1CCCC(NS(=O)(=O)c2cc(N)cc(F)c2F)C1. The predicted octanol–water partition coefficient (Wildman–Crippen LogP) is 2.50. The van der Waals surface area contributed by atoms with Gasteiger partial charge in [-0.1, -0.05) is 6.42 Å². The zero-order chi connectivity index (χ0) is 15.6. The van der Waals surface area contributed by atoms with Crippen LogP contribution in [0.1, 0.15) is 25.7 Å². The van der Waals surface area contributed by atoms with Crippen molar-refractivity contribution in [3.05, 3.63) is 23.8 Å². The van der Waals surface area contributed by atoms with Crippen molar-refractivity contribution >= 4 is 27.5 Å². The van der Waals surface area contributed by atoms with Crippen molar-refractivity contribution in [3.63, 3.8) is 0 Å². The quantitative estimate of drug-likeness (QED) is 0.829. The van der Waals surface area contributed by atoms with Gasteiger partial charge in [0.2, 0.25) is 10.0 Å². The van der Waals surface area contributed by atoms with E-state index in [1.54, 1.807) is 11.8 Å². The fourth-order valence-corrected chi connectivity index (χ4v) is 4.76. The summed E-state index contributed by atoms with van der Waals surface area (Å²) in [6, 6.07) is 1.44. The molecule has 1 aliphatic carbocycles. The number of halogens is 2. The van der Waals surface area contributed by atoms with Crippen LogP contribution in [0.2, 0.25) is 0 Å². The molecule has 0 spiro atoms. The van der Waals surface area contributed by atoms with Crippen LogP contribution >= 0.6 is 11.8 Å². The van der Waals surface area contributed by atoms with Gasteiger partial charge in [0.1, 0.15) is 4.90 Å². The van der Waals surface area contributed by atoms with E-state index in [4.69, 9.17) is 5.73 Å². The molecule has 3 N–H and O–H groups in total. The van der Waals surface area contributed by atoms with Crippen LogP contribution in [0.4, 0.5) is 14.5 Å². The maximum atomic E-state index is 13.7. The van der Waals surface area contributed by atoms with Gasteiger partial charge in [-0.05, 0) is 37.7 Å². The van der Waals surface area contributed by atoms with Gasteiger partial charge in [0.15, 0.2) is 11.6 Å². The van der Waals surface area contributed by atoms with Crippen LogP contribution in [0, 0.1) is 11.6 Å². The van der Waals surface area contributed by atoms with Gasteiger partial charge in [0.25, 0.3) is 0 Å². The highest BCUT2D eigenvalue weighted by atomic mass is 32.2. The van der Waals surface area contributed by atoms with Gasteiger partial charge >= 0.3 is 0 Å². The fraction of sp³-hybridized carbons (Fsp3) is 0.538. The molecule has 4 nitrogen and oxygen atoms in total. The molecule has 0 bridgehead atoms. The monoisotopic (exact) mass is 336 g/mol. The molecule has 2 rings (SSSR count). The number of nitrogens with one attached hydrogen (secondary N) is 1. The average Bonchev–Trinajstić information content (AvgIpc) is 2.42. The Bertz CT molecular complexity index is 623. The number of hydrogen-bond donors (Lipinski definition) is 2. The molecule has 0 radical (unpaired) electrons. The second-order valence-electron chi connectivity index (χ2n) is 5.16. The molecule has 0 heterocycles. The Labute approximate surface area is 127 Å². The molecule has 1 saturated carbocycles. The van der Waals surface area contributed by atoms with E-state index >= 15 is 0 Å². The van der Waals surface area contributed by atoms with Gasteiger partial charge in [-0.25, -0.2) is 21.9 Å². The van der Waals surface area contributed by atoms with E-state index in [9.17, 15) is 17.2 Å². The van der Waals surface area contributed by atoms with Crippen molar-refractivity contribution in [3.8, 4) is 0 Å². The molecule has 0 aliphatic heterocycles. The number of rotatable bonds is 4. The highest BCUT2D eigenvalue weighted by Gasteiger charge is 2.29. The molecular weight excluding hydrogens is 318 g/mol. The molecule has 2 atom stereocenters. The number of benzene rings is 1. The Hall–Kier alpha value is -0.860. The smallest absolute Gasteiger partial charge is 0.243 e. The van der Waals surface area contributed by atoms with Crippen LogP contribution in [-0.4, -0.2) is 26.0 Å². The molecule has 0 saturated heterocycles. The Balaban J connectivity index is 2.23. The zero-order valence-corrected chi connectivity index (χ0v) is 13.2. The summed E-state index contributed by atoms with van der Waals surface area (Å²) in [7, 11) is -4.12. The Morgan fingerprint density at radius 1 is 1.33 bits per heavy atom. The normalized spacial score (nSPS) is 23.2. The molecule has 2 unspecified atom stereocenters. The van der Waals surface area contributed by atoms with Crippen molar-refractivity contribution in [2.45, 2.75) is 41.9 Å². The van der Waals surface area contributed by atoms with Crippen LogP contribution < -0.4 is 10.5 Å². The van der Waals surface area contributed by atoms with Crippen LogP contribution in [0.15, 0.2) is 17.0 Å². The van der Waals surface area contributed by atoms with Crippen molar-refractivity contribution in [2.24, 2.45) is 0 Å². The second kappa shape index (κ2) is 6.50. The summed E-state index contributed by atoms with van der Waals surface area (Å²) in [6.45, 7) is 0. The third-order valence-corrected chi connectivity index (χ3v) is 6.20. The molecule has 1 fully saturated rings. The van der Waals surface area contributed by atoms with Gasteiger partial charge in [-0.15, -0.1) is 0 Å². The summed E-state index contributed by atoms with van der Waals surface area (Å²) in [5.41, 5.74) is 5.27. The molecule has 1 aromatic carbocycles. The van der Waals surface area contributed by atoms with Crippen molar-refractivity contribution < 1.29 is 17.2 Å². The number of nitrogens with two attached hydrogens (primary N) is 1. The maximum absolute atomic E-state index is 13.7. The second-order valence-corrected chi connectivity index (χ2v) is 7.98. The zero-order valence-electron chi connectivity index (χ0n) is 11.6. The lowest BCUT2D eigenvalue weighted by atomic mass is 9.96. The first kappa shape index (κ1) is 16.5. The number of hydrogen-bond acceptors (Lipinski definition) is 4. The number of sulfonamides is 1. The van der Waals surface area contributed by atoms with E-state index in [2.05, 4.69) is 4.72 Å².